The third-order valence-electron chi connectivity index (χ3n) is 1.63. The Labute approximate surface area is 94.5 Å². The van der Waals surface area contributed by atoms with E-state index in [9.17, 15) is 18.9 Å². The number of halogens is 2. The number of rotatable bonds is 5. The van der Waals surface area contributed by atoms with Gasteiger partial charge in [-0.3, -0.25) is 15.1 Å². The fourth-order valence-corrected chi connectivity index (χ4v) is 1.86. The molecule has 0 aliphatic rings. The maximum atomic E-state index is 11.7. The Morgan fingerprint density at radius 3 is 3.00 bits per heavy atom. The molecule has 0 radical (unpaired) electrons. The van der Waals surface area contributed by atoms with Crippen LogP contribution in [0.1, 0.15) is 6.42 Å². The molecule has 0 saturated carbocycles. The molecule has 1 aromatic heterocycles. The standard InChI is InChI=1S/C9H8F2N2O2S/c10-9(11)2-1-5-16-8-3-4-12-6-7(8)13(14)15/h2-4,6H,1,5H2. The van der Waals surface area contributed by atoms with Gasteiger partial charge in [0.1, 0.15) is 6.20 Å². The zero-order chi connectivity index (χ0) is 12.0. The quantitative estimate of drug-likeness (QED) is 0.346. The van der Waals surface area contributed by atoms with Gasteiger partial charge < -0.3 is 0 Å². The van der Waals surface area contributed by atoms with Crippen molar-refractivity contribution >= 4 is 17.4 Å². The highest BCUT2D eigenvalue weighted by atomic mass is 32.2. The van der Waals surface area contributed by atoms with Crippen LogP contribution in [0.3, 0.4) is 0 Å². The molecule has 16 heavy (non-hydrogen) atoms. The summed E-state index contributed by atoms with van der Waals surface area (Å²) in [5.41, 5.74) is -0.0998. The number of nitro groups is 1. The van der Waals surface area contributed by atoms with Crippen LogP contribution < -0.4 is 0 Å². The highest BCUT2D eigenvalue weighted by Crippen LogP contribution is 2.28. The summed E-state index contributed by atoms with van der Waals surface area (Å²) < 4.78 is 23.4. The first-order valence-electron chi connectivity index (χ1n) is 4.33. The molecular formula is C9H8F2N2O2S. The van der Waals surface area contributed by atoms with E-state index in [0.717, 1.165) is 24.0 Å². The lowest BCUT2D eigenvalue weighted by atomic mass is 10.4. The molecule has 0 atom stereocenters. The van der Waals surface area contributed by atoms with Crippen LogP contribution in [-0.2, 0) is 0 Å². The van der Waals surface area contributed by atoms with Gasteiger partial charge in [-0.15, -0.1) is 11.8 Å². The Bertz CT molecular complexity index is 408. The topological polar surface area (TPSA) is 56.0 Å². The van der Waals surface area contributed by atoms with Gasteiger partial charge in [0.15, 0.2) is 0 Å². The van der Waals surface area contributed by atoms with Crippen LogP contribution >= 0.6 is 11.8 Å². The second-order valence-corrected chi connectivity index (χ2v) is 3.87. The van der Waals surface area contributed by atoms with Crippen LogP contribution in [0.5, 0.6) is 0 Å². The summed E-state index contributed by atoms with van der Waals surface area (Å²) in [6.45, 7) is 0. The van der Waals surface area contributed by atoms with Gasteiger partial charge in [-0.1, -0.05) is 0 Å². The van der Waals surface area contributed by atoms with Crippen molar-refractivity contribution in [3.63, 3.8) is 0 Å². The number of aromatic nitrogens is 1. The number of nitrogens with zero attached hydrogens (tertiary/aromatic N) is 2. The zero-order valence-electron chi connectivity index (χ0n) is 8.10. The van der Waals surface area contributed by atoms with Gasteiger partial charge in [0, 0.05) is 11.9 Å². The Balaban J connectivity index is 2.60. The van der Waals surface area contributed by atoms with Gasteiger partial charge in [-0.05, 0) is 18.6 Å². The van der Waals surface area contributed by atoms with Crippen molar-refractivity contribution in [3.05, 3.63) is 40.7 Å². The summed E-state index contributed by atoms with van der Waals surface area (Å²) in [5, 5.41) is 10.6. The predicted molar refractivity (Wildman–Crippen MR) is 56.5 cm³/mol. The first-order valence-corrected chi connectivity index (χ1v) is 5.32. The molecule has 0 amide bonds. The minimum atomic E-state index is -1.73. The average molecular weight is 246 g/mol. The van der Waals surface area contributed by atoms with Crippen LogP contribution in [0.25, 0.3) is 0 Å². The highest BCUT2D eigenvalue weighted by molar-refractivity contribution is 7.99. The Hall–Kier alpha value is -1.50. The van der Waals surface area contributed by atoms with Crippen molar-refractivity contribution < 1.29 is 13.7 Å². The number of allylic oxidation sites excluding steroid dienone is 1. The lowest BCUT2D eigenvalue weighted by Crippen LogP contribution is -1.92. The van der Waals surface area contributed by atoms with Crippen molar-refractivity contribution in [1.82, 2.24) is 4.98 Å². The van der Waals surface area contributed by atoms with E-state index in [0.29, 0.717) is 10.6 Å². The van der Waals surface area contributed by atoms with Crippen molar-refractivity contribution in [2.24, 2.45) is 0 Å². The van der Waals surface area contributed by atoms with Gasteiger partial charge in [0.05, 0.1) is 9.82 Å². The first-order chi connectivity index (χ1) is 7.61. The second-order valence-electron chi connectivity index (χ2n) is 2.73. The molecule has 0 fully saturated rings. The van der Waals surface area contributed by atoms with Crippen LogP contribution in [0.15, 0.2) is 35.5 Å². The molecule has 0 unspecified atom stereocenters. The molecule has 0 bridgehead atoms. The maximum absolute atomic E-state index is 11.7. The second kappa shape index (κ2) is 6.16. The first kappa shape index (κ1) is 12.6. The van der Waals surface area contributed by atoms with E-state index in [2.05, 4.69) is 4.98 Å². The van der Waals surface area contributed by atoms with Crippen molar-refractivity contribution in [2.45, 2.75) is 11.3 Å². The summed E-state index contributed by atoms with van der Waals surface area (Å²) in [5.74, 6) is 0.363. The summed E-state index contributed by atoms with van der Waals surface area (Å²) in [6.07, 6.45) is 1.81. The normalized spacial score (nSPS) is 9.88. The molecule has 4 nitrogen and oxygen atoms in total. The zero-order valence-corrected chi connectivity index (χ0v) is 8.92. The minimum absolute atomic E-state index is 0.0998. The fourth-order valence-electron chi connectivity index (χ4n) is 0.969. The molecule has 86 valence electrons. The summed E-state index contributed by atoms with van der Waals surface area (Å²) in [7, 11) is 0. The lowest BCUT2D eigenvalue weighted by Gasteiger charge is -1.99. The van der Waals surface area contributed by atoms with E-state index in [4.69, 9.17) is 0 Å². The fraction of sp³-hybridized carbons (Fsp3) is 0.222. The summed E-state index contributed by atoms with van der Waals surface area (Å²) in [6, 6.07) is 1.50. The number of thioether (sulfide) groups is 1. The van der Waals surface area contributed by atoms with Gasteiger partial charge in [0.2, 0.25) is 0 Å². The Morgan fingerprint density at radius 1 is 1.62 bits per heavy atom. The summed E-state index contributed by atoms with van der Waals surface area (Å²) in [4.78, 5) is 14.1. The maximum Gasteiger partial charge on any atom is 0.300 e. The van der Waals surface area contributed by atoms with Crippen molar-refractivity contribution in [1.29, 1.82) is 0 Å². The van der Waals surface area contributed by atoms with Crippen LogP contribution in [0, 0.1) is 10.1 Å². The van der Waals surface area contributed by atoms with Crippen molar-refractivity contribution in [2.75, 3.05) is 5.75 Å². The minimum Gasteiger partial charge on any atom is -0.258 e. The molecule has 1 aromatic rings. The van der Waals surface area contributed by atoms with E-state index in [1.165, 1.54) is 12.3 Å². The third-order valence-corrected chi connectivity index (χ3v) is 2.73. The average Bonchev–Trinajstić information content (AvgIpc) is 2.24. The number of hydrogen-bond donors (Lipinski definition) is 0. The van der Waals surface area contributed by atoms with E-state index >= 15 is 0 Å². The van der Waals surface area contributed by atoms with E-state index < -0.39 is 11.0 Å². The van der Waals surface area contributed by atoms with Crippen molar-refractivity contribution in [3.8, 4) is 0 Å². The molecule has 0 N–H and O–H groups in total. The molecular weight excluding hydrogens is 238 g/mol. The smallest absolute Gasteiger partial charge is 0.258 e. The molecule has 0 aliphatic heterocycles. The largest absolute Gasteiger partial charge is 0.300 e. The Morgan fingerprint density at radius 2 is 2.38 bits per heavy atom. The van der Waals surface area contributed by atoms with Gasteiger partial charge in [0.25, 0.3) is 6.08 Å². The van der Waals surface area contributed by atoms with Crippen LogP contribution in [0.4, 0.5) is 14.5 Å². The van der Waals surface area contributed by atoms with Gasteiger partial charge in [-0.25, -0.2) is 0 Å². The molecule has 7 heteroatoms. The molecule has 0 aromatic carbocycles. The summed E-state index contributed by atoms with van der Waals surface area (Å²) >= 11 is 1.16. The van der Waals surface area contributed by atoms with E-state index in [1.54, 1.807) is 0 Å². The van der Waals surface area contributed by atoms with Crippen LogP contribution in [0.2, 0.25) is 0 Å². The molecule has 0 aliphatic carbocycles. The SMILES string of the molecule is O=[N+]([O-])c1cnccc1SCCC=C(F)F. The third kappa shape index (κ3) is 3.93. The highest BCUT2D eigenvalue weighted by Gasteiger charge is 2.12. The van der Waals surface area contributed by atoms with Gasteiger partial charge in [-0.2, -0.15) is 8.78 Å². The van der Waals surface area contributed by atoms with E-state index in [-0.39, 0.29) is 12.1 Å². The monoisotopic (exact) mass is 246 g/mol. The molecule has 1 heterocycles. The number of hydrogen-bond acceptors (Lipinski definition) is 4. The molecule has 0 saturated heterocycles. The number of pyridine rings is 1. The Kier molecular flexibility index (Phi) is 4.84. The lowest BCUT2D eigenvalue weighted by molar-refractivity contribution is -0.388. The van der Waals surface area contributed by atoms with Gasteiger partial charge >= 0.3 is 5.69 Å². The van der Waals surface area contributed by atoms with Crippen LogP contribution in [-0.4, -0.2) is 15.7 Å². The molecule has 1 rings (SSSR count). The van der Waals surface area contributed by atoms with E-state index in [1.807, 2.05) is 0 Å². The molecule has 0 spiro atoms. The predicted octanol–water partition coefficient (Wildman–Crippen LogP) is 3.25.